The van der Waals surface area contributed by atoms with Crippen molar-refractivity contribution in [2.24, 2.45) is 0 Å². The van der Waals surface area contributed by atoms with Crippen molar-refractivity contribution in [1.82, 2.24) is 9.97 Å². The highest BCUT2D eigenvalue weighted by molar-refractivity contribution is 5.57. The van der Waals surface area contributed by atoms with Gasteiger partial charge in [0.05, 0.1) is 11.6 Å². The summed E-state index contributed by atoms with van der Waals surface area (Å²) in [7, 11) is 0. The molecule has 1 aliphatic carbocycles. The smallest absolute Gasteiger partial charge is 0.229 e. The molecule has 0 amide bonds. The number of benzene rings is 1. The number of nitriles is 1. The van der Waals surface area contributed by atoms with E-state index in [1.165, 1.54) is 25.7 Å². The van der Waals surface area contributed by atoms with E-state index in [2.05, 4.69) is 26.7 Å². The summed E-state index contributed by atoms with van der Waals surface area (Å²) in [6.45, 7) is 1.96. The Balaban J connectivity index is 1.78. The Labute approximate surface area is 130 Å². The first kappa shape index (κ1) is 14.3. The third-order valence-electron chi connectivity index (χ3n) is 3.81. The fourth-order valence-corrected chi connectivity index (χ4v) is 2.77. The van der Waals surface area contributed by atoms with Gasteiger partial charge in [0.1, 0.15) is 5.82 Å². The number of hydrogen-bond acceptors (Lipinski definition) is 5. The second-order valence-electron chi connectivity index (χ2n) is 5.66. The Kier molecular flexibility index (Phi) is 4.19. The number of anilines is 3. The molecule has 0 radical (unpaired) electrons. The molecule has 1 aromatic heterocycles. The van der Waals surface area contributed by atoms with E-state index in [0.717, 1.165) is 17.2 Å². The molecule has 2 aromatic rings. The second kappa shape index (κ2) is 6.44. The van der Waals surface area contributed by atoms with Gasteiger partial charge >= 0.3 is 0 Å². The minimum atomic E-state index is 0.518. The first-order valence-electron chi connectivity index (χ1n) is 7.62. The van der Waals surface area contributed by atoms with Gasteiger partial charge in [-0.1, -0.05) is 18.9 Å². The van der Waals surface area contributed by atoms with Gasteiger partial charge in [-0.25, -0.2) is 4.98 Å². The lowest BCUT2D eigenvalue weighted by Crippen LogP contribution is -2.16. The second-order valence-corrected chi connectivity index (χ2v) is 5.66. The van der Waals surface area contributed by atoms with Gasteiger partial charge in [-0.05, 0) is 38.0 Å². The lowest BCUT2D eigenvalue weighted by atomic mass is 10.2. The molecule has 0 bridgehead atoms. The predicted octanol–water partition coefficient (Wildman–Crippen LogP) is 3.75. The molecular formula is C17H19N5. The lowest BCUT2D eigenvalue weighted by molar-refractivity contribution is 0.749. The maximum atomic E-state index is 8.96. The predicted molar refractivity (Wildman–Crippen MR) is 87.1 cm³/mol. The highest BCUT2D eigenvalue weighted by atomic mass is 15.1. The van der Waals surface area contributed by atoms with Crippen LogP contribution >= 0.6 is 0 Å². The van der Waals surface area contributed by atoms with Crippen LogP contribution in [0.25, 0.3) is 0 Å². The van der Waals surface area contributed by atoms with Crippen molar-refractivity contribution in [2.45, 2.75) is 38.6 Å². The van der Waals surface area contributed by atoms with Gasteiger partial charge < -0.3 is 10.6 Å². The molecule has 112 valence electrons. The normalized spacial score (nSPS) is 14.5. The SMILES string of the molecule is Cc1cc(NC2CCCC2)nc(Nc2cccc(C#N)c2)n1. The average Bonchev–Trinajstić information content (AvgIpc) is 2.99. The van der Waals surface area contributed by atoms with E-state index in [4.69, 9.17) is 5.26 Å². The van der Waals surface area contributed by atoms with E-state index in [-0.39, 0.29) is 0 Å². The zero-order valence-corrected chi connectivity index (χ0v) is 12.6. The van der Waals surface area contributed by atoms with Gasteiger partial charge in [0.25, 0.3) is 0 Å². The van der Waals surface area contributed by atoms with E-state index >= 15 is 0 Å². The zero-order valence-electron chi connectivity index (χ0n) is 12.6. The van der Waals surface area contributed by atoms with Crippen LogP contribution < -0.4 is 10.6 Å². The van der Waals surface area contributed by atoms with E-state index in [1.807, 2.05) is 25.1 Å². The maximum Gasteiger partial charge on any atom is 0.229 e. The van der Waals surface area contributed by atoms with Crippen LogP contribution in [0.3, 0.4) is 0 Å². The van der Waals surface area contributed by atoms with Gasteiger partial charge in [-0.2, -0.15) is 10.2 Å². The number of nitrogens with zero attached hydrogens (tertiary/aromatic N) is 3. The molecule has 0 saturated heterocycles. The van der Waals surface area contributed by atoms with Crippen molar-refractivity contribution in [1.29, 1.82) is 5.26 Å². The van der Waals surface area contributed by atoms with Gasteiger partial charge in [-0.15, -0.1) is 0 Å². The molecule has 1 aliphatic rings. The summed E-state index contributed by atoms with van der Waals surface area (Å²) >= 11 is 0. The van der Waals surface area contributed by atoms with Crippen molar-refractivity contribution < 1.29 is 0 Å². The zero-order chi connectivity index (χ0) is 15.4. The quantitative estimate of drug-likeness (QED) is 0.898. The molecule has 3 rings (SSSR count). The van der Waals surface area contributed by atoms with Gasteiger partial charge in [0.15, 0.2) is 0 Å². The van der Waals surface area contributed by atoms with Crippen LogP contribution in [0.2, 0.25) is 0 Å². The summed E-state index contributed by atoms with van der Waals surface area (Å²) in [6, 6.07) is 11.9. The molecule has 1 saturated carbocycles. The summed E-state index contributed by atoms with van der Waals surface area (Å²) in [5.41, 5.74) is 2.34. The molecule has 1 fully saturated rings. The highest BCUT2D eigenvalue weighted by Gasteiger charge is 2.15. The van der Waals surface area contributed by atoms with Crippen LogP contribution in [0, 0.1) is 18.3 Å². The van der Waals surface area contributed by atoms with Crippen molar-refractivity contribution in [3.8, 4) is 6.07 Å². The fraction of sp³-hybridized carbons (Fsp3) is 0.353. The Morgan fingerprint density at radius 1 is 1.18 bits per heavy atom. The molecule has 0 unspecified atom stereocenters. The summed E-state index contributed by atoms with van der Waals surface area (Å²) in [4.78, 5) is 8.95. The first-order chi connectivity index (χ1) is 10.7. The van der Waals surface area contributed by atoms with Gasteiger partial charge in [0.2, 0.25) is 5.95 Å². The van der Waals surface area contributed by atoms with Crippen molar-refractivity contribution in [3.05, 3.63) is 41.6 Å². The maximum absolute atomic E-state index is 8.96. The summed E-state index contributed by atoms with van der Waals surface area (Å²) in [6.07, 6.45) is 4.98. The summed E-state index contributed by atoms with van der Waals surface area (Å²) in [5, 5.41) is 15.6. The molecular weight excluding hydrogens is 274 g/mol. The van der Waals surface area contributed by atoms with Crippen LogP contribution in [0.1, 0.15) is 36.9 Å². The Morgan fingerprint density at radius 3 is 2.77 bits per heavy atom. The van der Waals surface area contributed by atoms with E-state index in [0.29, 0.717) is 17.6 Å². The molecule has 1 aromatic carbocycles. The Bertz CT molecular complexity index is 698. The number of aromatic nitrogens is 2. The monoisotopic (exact) mass is 293 g/mol. The largest absolute Gasteiger partial charge is 0.367 e. The number of hydrogen-bond donors (Lipinski definition) is 2. The van der Waals surface area contributed by atoms with Crippen molar-refractivity contribution in [3.63, 3.8) is 0 Å². The highest BCUT2D eigenvalue weighted by Crippen LogP contribution is 2.23. The molecule has 1 heterocycles. The fourth-order valence-electron chi connectivity index (χ4n) is 2.77. The summed E-state index contributed by atoms with van der Waals surface area (Å²) < 4.78 is 0. The number of aryl methyl sites for hydroxylation is 1. The minimum Gasteiger partial charge on any atom is -0.367 e. The van der Waals surface area contributed by atoms with Crippen LogP contribution in [0.5, 0.6) is 0 Å². The van der Waals surface area contributed by atoms with Crippen LogP contribution in [0.15, 0.2) is 30.3 Å². The molecule has 0 aliphatic heterocycles. The third-order valence-corrected chi connectivity index (χ3v) is 3.81. The molecule has 0 atom stereocenters. The molecule has 5 heteroatoms. The van der Waals surface area contributed by atoms with Crippen molar-refractivity contribution >= 4 is 17.5 Å². The lowest BCUT2D eigenvalue weighted by Gasteiger charge is -2.14. The molecule has 0 spiro atoms. The van der Waals surface area contributed by atoms with Gasteiger partial charge in [-0.3, -0.25) is 0 Å². The third kappa shape index (κ3) is 3.53. The Morgan fingerprint density at radius 2 is 2.00 bits per heavy atom. The van der Waals surface area contributed by atoms with E-state index in [9.17, 15) is 0 Å². The first-order valence-corrected chi connectivity index (χ1v) is 7.62. The summed E-state index contributed by atoms with van der Waals surface area (Å²) in [5.74, 6) is 1.41. The van der Waals surface area contributed by atoms with E-state index in [1.54, 1.807) is 12.1 Å². The Hall–Kier alpha value is -2.61. The topological polar surface area (TPSA) is 73.6 Å². The minimum absolute atomic E-state index is 0.518. The van der Waals surface area contributed by atoms with Crippen LogP contribution in [-0.2, 0) is 0 Å². The average molecular weight is 293 g/mol. The van der Waals surface area contributed by atoms with Crippen LogP contribution in [0.4, 0.5) is 17.5 Å². The number of nitrogens with one attached hydrogen (secondary N) is 2. The van der Waals surface area contributed by atoms with Gasteiger partial charge in [0, 0.05) is 23.5 Å². The van der Waals surface area contributed by atoms with Crippen molar-refractivity contribution in [2.75, 3.05) is 10.6 Å². The standard InChI is InChI=1S/C17H19N5/c1-12-9-16(20-14-6-2-3-7-14)22-17(19-12)21-15-8-4-5-13(10-15)11-18/h4-5,8-10,14H,2-3,6-7H2,1H3,(H2,19,20,21,22). The molecule has 22 heavy (non-hydrogen) atoms. The van der Waals surface area contributed by atoms with Crippen LogP contribution in [-0.4, -0.2) is 16.0 Å². The molecule has 2 N–H and O–H groups in total. The molecule has 5 nitrogen and oxygen atoms in total. The number of rotatable bonds is 4. The van der Waals surface area contributed by atoms with E-state index < -0.39 is 0 Å².